The summed E-state index contributed by atoms with van der Waals surface area (Å²) in [6, 6.07) is 10.6. The number of aromatic nitrogens is 1. The zero-order chi connectivity index (χ0) is 13.0. The standard InChI is InChI=1S/C13H10BrFN2O/c14-11-7-10(15)8-16-13(11)17-12(18)6-9-4-2-1-3-5-9/h1-5,7-8H,6H2,(H,16,17,18). The molecule has 2 aromatic rings. The molecule has 0 saturated heterocycles. The van der Waals surface area contributed by atoms with Crippen molar-refractivity contribution in [2.24, 2.45) is 0 Å². The maximum Gasteiger partial charge on any atom is 0.229 e. The van der Waals surface area contributed by atoms with E-state index in [1.807, 2.05) is 30.3 Å². The SMILES string of the molecule is O=C(Cc1ccccc1)Nc1ncc(F)cc1Br. The average Bonchev–Trinajstić information content (AvgIpc) is 2.34. The summed E-state index contributed by atoms with van der Waals surface area (Å²) >= 11 is 3.14. The molecule has 0 bridgehead atoms. The number of halogens is 2. The van der Waals surface area contributed by atoms with Crippen molar-refractivity contribution in [1.29, 1.82) is 0 Å². The van der Waals surface area contributed by atoms with Crippen LogP contribution in [0.1, 0.15) is 5.56 Å². The van der Waals surface area contributed by atoms with Crippen molar-refractivity contribution >= 4 is 27.7 Å². The normalized spacial score (nSPS) is 10.1. The second-order valence-corrected chi connectivity index (χ2v) is 4.55. The van der Waals surface area contributed by atoms with Crippen LogP contribution in [0.3, 0.4) is 0 Å². The fourth-order valence-electron chi connectivity index (χ4n) is 1.46. The molecule has 3 nitrogen and oxygen atoms in total. The van der Waals surface area contributed by atoms with E-state index in [1.54, 1.807) is 0 Å². The molecule has 0 aliphatic rings. The fourth-order valence-corrected chi connectivity index (χ4v) is 1.88. The smallest absolute Gasteiger partial charge is 0.229 e. The highest BCUT2D eigenvalue weighted by Gasteiger charge is 2.08. The predicted octanol–water partition coefficient (Wildman–Crippen LogP) is 3.16. The number of pyridine rings is 1. The average molecular weight is 309 g/mol. The summed E-state index contributed by atoms with van der Waals surface area (Å²) < 4.78 is 13.2. The van der Waals surface area contributed by atoms with E-state index in [1.165, 1.54) is 6.07 Å². The van der Waals surface area contributed by atoms with Gasteiger partial charge in [0.2, 0.25) is 5.91 Å². The van der Waals surface area contributed by atoms with Crippen molar-refractivity contribution in [3.05, 3.63) is 58.4 Å². The van der Waals surface area contributed by atoms with Crippen molar-refractivity contribution in [3.8, 4) is 0 Å². The highest BCUT2D eigenvalue weighted by atomic mass is 79.9. The largest absolute Gasteiger partial charge is 0.309 e. The third kappa shape index (κ3) is 3.37. The number of benzene rings is 1. The number of carbonyl (C=O) groups is 1. The van der Waals surface area contributed by atoms with Crippen LogP contribution in [-0.2, 0) is 11.2 Å². The molecule has 0 unspecified atom stereocenters. The zero-order valence-corrected chi connectivity index (χ0v) is 10.9. The second-order valence-electron chi connectivity index (χ2n) is 3.69. The Balaban J connectivity index is 2.03. The molecule has 0 saturated carbocycles. The van der Waals surface area contributed by atoms with Gasteiger partial charge in [-0.05, 0) is 27.6 Å². The van der Waals surface area contributed by atoms with Gasteiger partial charge in [0, 0.05) is 0 Å². The van der Waals surface area contributed by atoms with Gasteiger partial charge in [0.25, 0.3) is 0 Å². The molecule has 1 aromatic carbocycles. The van der Waals surface area contributed by atoms with Crippen molar-refractivity contribution in [2.45, 2.75) is 6.42 Å². The van der Waals surface area contributed by atoms with Gasteiger partial charge >= 0.3 is 0 Å². The first kappa shape index (κ1) is 12.7. The lowest BCUT2D eigenvalue weighted by Gasteiger charge is -2.06. The van der Waals surface area contributed by atoms with Gasteiger partial charge in [-0.2, -0.15) is 0 Å². The number of anilines is 1. The highest BCUT2D eigenvalue weighted by molar-refractivity contribution is 9.10. The summed E-state index contributed by atoms with van der Waals surface area (Å²) in [5.41, 5.74) is 0.910. The maximum absolute atomic E-state index is 12.8. The van der Waals surface area contributed by atoms with Gasteiger partial charge in [0.15, 0.2) is 0 Å². The van der Waals surface area contributed by atoms with Crippen LogP contribution in [-0.4, -0.2) is 10.9 Å². The molecule has 2 rings (SSSR count). The van der Waals surface area contributed by atoms with Crippen LogP contribution in [0.25, 0.3) is 0 Å². The Bertz CT molecular complexity index is 560. The maximum atomic E-state index is 12.8. The molecule has 0 radical (unpaired) electrons. The molecule has 0 aliphatic carbocycles. The summed E-state index contributed by atoms with van der Waals surface area (Å²) in [4.78, 5) is 15.6. The molecule has 0 spiro atoms. The number of nitrogens with zero attached hydrogens (tertiary/aromatic N) is 1. The molecule has 1 amide bonds. The Morgan fingerprint density at radius 3 is 2.72 bits per heavy atom. The summed E-state index contributed by atoms with van der Waals surface area (Å²) in [5.74, 6) is -0.332. The topological polar surface area (TPSA) is 42.0 Å². The Labute approximate surface area is 112 Å². The first-order valence-corrected chi connectivity index (χ1v) is 6.09. The Kier molecular flexibility index (Phi) is 4.04. The molecule has 1 aromatic heterocycles. The summed E-state index contributed by atoms with van der Waals surface area (Å²) in [7, 11) is 0. The van der Waals surface area contributed by atoms with Crippen LogP contribution < -0.4 is 5.32 Å². The number of nitrogens with one attached hydrogen (secondary N) is 1. The number of hydrogen-bond acceptors (Lipinski definition) is 2. The Morgan fingerprint density at radius 2 is 2.06 bits per heavy atom. The van der Waals surface area contributed by atoms with Gasteiger partial charge in [0.1, 0.15) is 11.6 Å². The van der Waals surface area contributed by atoms with Crippen molar-refractivity contribution in [1.82, 2.24) is 4.98 Å². The fraction of sp³-hybridized carbons (Fsp3) is 0.0769. The van der Waals surface area contributed by atoms with Gasteiger partial charge in [-0.1, -0.05) is 30.3 Å². The molecule has 0 atom stereocenters. The number of hydrogen-bond donors (Lipinski definition) is 1. The van der Waals surface area contributed by atoms with Crippen molar-refractivity contribution in [2.75, 3.05) is 5.32 Å². The van der Waals surface area contributed by atoms with Crippen LogP contribution >= 0.6 is 15.9 Å². The van der Waals surface area contributed by atoms with Crippen LogP contribution in [0.4, 0.5) is 10.2 Å². The van der Waals surface area contributed by atoms with Crippen LogP contribution in [0.2, 0.25) is 0 Å². The van der Waals surface area contributed by atoms with E-state index < -0.39 is 5.82 Å². The van der Waals surface area contributed by atoms with Gasteiger partial charge < -0.3 is 5.32 Å². The first-order chi connectivity index (χ1) is 8.65. The van der Waals surface area contributed by atoms with Gasteiger partial charge in [-0.15, -0.1) is 0 Å². The molecule has 1 heterocycles. The van der Waals surface area contributed by atoms with E-state index in [-0.39, 0.29) is 12.3 Å². The molecule has 5 heteroatoms. The third-order valence-corrected chi connectivity index (χ3v) is 2.88. The number of rotatable bonds is 3. The molecule has 92 valence electrons. The zero-order valence-electron chi connectivity index (χ0n) is 9.36. The molecule has 0 aliphatic heterocycles. The molecule has 18 heavy (non-hydrogen) atoms. The van der Waals surface area contributed by atoms with E-state index in [0.717, 1.165) is 11.8 Å². The van der Waals surface area contributed by atoms with Crippen molar-refractivity contribution < 1.29 is 9.18 Å². The Hall–Kier alpha value is -1.75. The lowest BCUT2D eigenvalue weighted by Crippen LogP contribution is -2.15. The van der Waals surface area contributed by atoms with E-state index in [0.29, 0.717) is 10.3 Å². The summed E-state index contributed by atoms with van der Waals surface area (Å²) in [6.07, 6.45) is 1.31. The van der Waals surface area contributed by atoms with E-state index >= 15 is 0 Å². The summed E-state index contributed by atoms with van der Waals surface area (Å²) in [6.45, 7) is 0. The Morgan fingerprint density at radius 1 is 1.33 bits per heavy atom. The number of amides is 1. The molecule has 1 N–H and O–H groups in total. The van der Waals surface area contributed by atoms with Crippen LogP contribution in [0, 0.1) is 5.82 Å². The van der Waals surface area contributed by atoms with Crippen LogP contribution in [0.15, 0.2) is 47.1 Å². The molecular weight excluding hydrogens is 299 g/mol. The predicted molar refractivity (Wildman–Crippen MR) is 70.7 cm³/mol. The quantitative estimate of drug-likeness (QED) is 0.946. The molecular formula is C13H10BrFN2O. The van der Waals surface area contributed by atoms with Crippen LogP contribution in [0.5, 0.6) is 0 Å². The molecule has 0 fully saturated rings. The second kappa shape index (κ2) is 5.73. The lowest BCUT2D eigenvalue weighted by atomic mass is 10.1. The summed E-state index contributed by atoms with van der Waals surface area (Å²) in [5, 5.41) is 2.62. The van der Waals surface area contributed by atoms with E-state index in [2.05, 4.69) is 26.2 Å². The van der Waals surface area contributed by atoms with Gasteiger partial charge in [-0.25, -0.2) is 9.37 Å². The van der Waals surface area contributed by atoms with Crippen molar-refractivity contribution in [3.63, 3.8) is 0 Å². The monoisotopic (exact) mass is 308 g/mol. The minimum Gasteiger partial charge on any atom is -0.309 e. The lowest BCUT2D eigenvalue weighted by molar-refractivity contribution is -0.115. The van der Waals surface area contributed by atoms with Gasteiger partial charge in [0.05, 0.1) is 17.1 Å². The first-order valence-electron chi connectivity index (χ1n) is 5.30. The number of carbonyl (C=O) groups excluding carboxylic acids is 1. The minimum atomic E-state index is -0.456. The van der Waals surface area contributed by atoms with E-state index in [4.69, 9.17) is 0 Å². The highest BCUT2D eigenvalue weighted by Crippen LogP contribution is 2.20. The minimum absolute atomic E-state index is 0.194. The third-order valence-electron chi connectivity index (χ3n) is 2.27. The van der Waals surface area contributed by atoms with Gasteiger partial charge in [-0.3, -0.25) is 4.79 Å². The van der Waals surface area contributed by atoms with E-state index in [9.17, 15) is 9.18 Å².